The molecule has 0 bridgehead atoms. The van der Waals surface area contributed by atoms with E-state index in [1.807, 2.05) is 0 Å². The molecule has 1 amide bonds. The van der Waals surface area contributed by atoms with E-state index in [-0.39, 0.29) is 28.6 Å². The van der Waals surface area contributed by atoms with Gasteiger partial charge in [-0.15, -0.1) is 0 Å². The summed E-state index contributed by atoms with van der Waals surface area (Å²) in [6.45, 7) is 0. The number of nitrogens with one attached hydrogen (secondary N) is 1. The first-order valence-corrected chi connectivity index (χ1v) is 5.98. The van der Waals surface area contributed by atoms with Gasteiger partial charge in [0.15, 0.2) is 5.78 Å². The summed E-state index contributed by atoms with van der Waals surface area (Å²) >= 11 is 4.78. The molecule has 19 heavy (non-hydrogen) atoms. The van der Waals surface area contributed by atoms with Crippen molar-refractivity contribution in [3.8, 4) is 0 Å². The van der Waals surface area contributed by atoms with Crippen LogP contribution in [0.5, 0.6) is 0 Å². The number of hydrogen-bond donors (Lipinski definition) is 1. The number of carbonyl (C=O) groups is 2. The number of benzene rings is 1. The van der Waals surface area contributed by atoms with Crippen LogP contribution in [0.1, 0.15) is 12.0 Å². The predicted molar refractivity (Wildman–Crippen MR) is 73.9 cm³/mol. The molecule has 0 aromatic heterocycles. The first-order valence-electron chi connectivity index (χ1n) is 5.57. The molecule has 96 valence electrons. The van der Waals surface area contributed by atoms with Crippen LogP contribution >= 0.6 is 12.2 Å². The largest absolute Gasteiger partial charge is 0.316 e. The zero-order valence-corrected chi connectivity index (χ0v) is 10.7. The highest BCUT2D eigenvalue weighted by atomic mass is 32.1. The Morgan fingerprint density at radius 2 is 2.11 bits per heavy atom. The summed E-state index contributed by atoms with van der Waals surface area (Å²) in [5.41, 5.74) is 0.706. The van der Waals surface area contributed by atoms with Gasteiger partial charge < -0.3 is 5.32 Å². The summed E-state index contributed by atoms with van der Waals surface area (Å²) in [5, 5.41) is 2.43. The zero-order valence-electron chi connectivity index (χ0n) is 9.85. The fraction of sp³-hybridized carbons (Fsp3) is 0.0714. The van der Waals surface area contributed by atoms with Gasteiger partial charge >= 0.3 is 0 Å². The molecule has 1 N–H and O–H groups in total. The summed E-state index contributed by atoms with van der Waals surface area (Å²) in [5.74, 6) is -1.14. The van der Waals surface area contributed by atoms with Crippen LogP contribution in [0.2, 0.25) is 0 Å². The van der Waals surface area contributed by atoms with Crippen molar-refractivity contribution in [2.24, 2.45) is 0 Å². The van der Waals surface area contributed by atoms with Crippen LogP contribution < -0.4 is 5.32 Å². The van der Waals surface area contributed by atoms with E-state index in [0.29, 0.717) is 5.56 Å². The molecule has 5 heteroatoms. The Kier molecular flexibility index (Phi) is 3.97. The maximum absolute atomic E-state index is 12.9. The molecule has 0 spiro atoms. The van der Waals surface area contributed by atoms with E-state index in [4.69, 9.17) is 12.2 Å². The molecule has 0 aliphatic carbocycles. The lowest BCUT2D eigenvalue weighted by atomic mass is 10.0. The Labute approximate surface area is 114 Å². The Hall–Kier alpha value is -2.14. The molecule has 0 atom stereocenters. The number of amides is 1. The maximum Gasteiger partial charge on any atom is 0.259 e. The third-order valence-electron chi connectivity index (χ3n) is 2.52. The van der Waals surface area contributed by atoms with E-state index in [0.717, 1.165) is 0 Å². The highest BCUT2D eigenvalue weighted by Gasteiger charge is 2.25. The number of Topliss-reactive ketones (excluding diaryl/α,β-unsaturated/α-hetero) is 1. The van der Waals surface area contributed by atoms with E-state index >= 15 is 0 Å². The molecule has 1 fully saturated rings. The van der Waals surface area contributed by atoms with Gasteiger partial charge in [0.05, 0.1) is 17.0 Å². The van der Waals surface area contributed by atoms with Crippen LogP contribution in [0, 0.1) is 5.82 Å². The summed E-state index contributed by atoms with van der Waals surface area (Å²) < 4.78 is 12.9. The van der Waals surface area contributed by atoms with Crippen LogP contribution in [0.4, 0.5) is 4.39 Å². The highest BCUT2D eigenvalue weighted by Crippen LogP contribution is 2.10. The molecule has 1 aromatic carbocycles. The van der Waals surface area contributed by atoms with Crippen LogP contribution in [0.25, 0.3) is 6.08 Å². The first-order chi connectivity index (χ1) is 9.06. The van der Waals surface area contributed by atoms with Crippen LogP contribution in [0.3, 0.4) is 0 Å². The van der Waals surface area contributed by atoms with Crippen LogP contribution in [-0.2, 0) is 9.59 Å². The monoisotopic (exact) mass is 275 g/mol. The first kappa shape index (κ1) is 13.3. The summed E-state index contributed by atoms with van der Waals surface area (Å²) in [6.07, 6.45) is 4.60. The van der Waals surface area contributed by atoms with Gasteiger partial charge in [-0.25, -0.2) is 4.39 Å². The van der Waals surface area contributed by atoms with E-state index in [1.54, 1.807) is 18.2 Å². The van der Waals surface area contributed by atoms with Gasteiger partial charge in [-0.2, -0.15) is 0 Å². The van der Waals surface area contributed by atoms with Crippen molar-refractivity contribution >= 4 is 35.0 Å². The zero-order chi connectivity index (χ0) is 13.8. The third-order valence-corrected chi connectivity index (χ3v) is 2.77. The summed E-state index contributed by atoms with van der Waals surface area (Å²) in [6, 6.07) is 6.00. The van der Waals surface area contributed by atoms with Crippen molar-refractivity contribution < 1.29 is 14.0 Å². The van der Waals surface area contributed by atoms with Crippen LogP contribution in [-0.4, -0.2) is 16.7 Å². The molecule has 0 unspecified atom stereocenters. The minimum Gasteiger partial charge on any atom is -0.316 e. The number of allylic oxidation sites excluding steroid dienone is 2. The van der Waals surface area contributed by atoms with Gasteiger partial charge in [-0.1, -0.05) is 36.5 Å². The quantitative estimate of drug-likeness (QED) is 0.511. The SMILES string of the molecule is O=C1CC(=S)NC(=O)/C1=C/C=C/c1cccc(F)c1. The number of piperidine rings is 1. The number of ketones is 1. The molecule has 1 aromatic rings. The average molecular weight is 275 g/mol. The molecule has 3 nitrogen and oxygen atoms in total. The minimum absolute atomic E-state index is 0.0424. The van der Waals surface area contributed by atoms with Gasteiger partial charge in [-0.05, 0) is 23.8 Å². The standard InChI is InChI=1S/C14H10FNO2S/c15-10-5-1-3-9(7-10)4-2-6-11-12(17)8-13(19)16-14(11)18/h1-7H,8H2,(H,16,18,19)/b4-2+,11-6+. The number of halogens is 1. The van der Waals surface area contributed by atoms with E-state index in [9.17, 15) is 14.0 Å². The fourth-order valence-electron chi connectivity index (χ4n) is 1.64. The topological polar surface area (TPSA) is 46.2 Å². The Balaban J connectivity index is 2.16. The average Bonchev–Trinajstić information content (AvgIpc) is 2.32. The van der Waals surface area contributed by atoms with Crippen molar-refractivity contribution in [3.63, 3.8) is 0 Å². The summed E-state index contributed by atoms with van der Waals surface area (Å²) in [4.78, 5) is 23.4. The number of rotatable bonds is 2. The molecule has 1 aliphatic rings. The van der Waals surface area contributed by atoms with Crippen molar-refractivity contribution in [2.45, 2.75) is 6.42 Å². The molecular weight excluding hydrogens is 265 g/mol. The van der Waals surface area contributed by atoms with Gasteiger partial charge in [0.25, 0.3) is 5.91 Å². The second-order valence-corrected chi connectivity index (χ2v) is 4.46. The smallest absolute Gasteiger partial charge is 0.259 e. The van der Waals surface area contributed by atoms with Crippen LogP contribution in [0.15, 0.2) is 42.0 Å². The maximum atomic E-state index is 12.9. The van der Waals surface area contributed by atoms with Crippen molar-refractivity contribution in [1.29, 1.82) is 0 Å². The second kappa shape index (κ2) is 5.67. The lowest BCUT2D eigenvalue weighted by Crippen LogP contribution is -2.39. The molecular formula is C14H10FNO2S. The van der Waals surface area contributed by atoms with Gasteiger partial charge in [0.1, 0.15) is 5.82 Å². The minimum atomic E-state index is -0.495. The number of thiocarbonyl (C=S) groups is 1. The Morgan fingerprint density at radius 1 is 1.32 bits per heavy atom. The number of carbonyl (C=O) groups excluding carboxylic acids is 2. The second-order valence-electron chi connectivity index (χ2n) is 3.97. The Morgan fingerprint density at radius 3 is 2.79 bits per heavy atom. The molecule has 2 rings (SSSR count). The lowest BCUT2D eigenvalue weighted by molar-refractivity contribution is -0.122. The normalized spacial score (nSPS) is 18.2. The molecule has 1 saturated heterocycles. The molecule has 1 heterocycles. The van der Waals surface area contributed by atoms with Crippen molar-refractivity contribution in [2.75, 3.05) is 0 Å². The Bertz CT molecular complexity index is 598. The molecule has 0 radical (unpaired) electrons. The lowest BCUT2D eigenvalue weighted by Gasteiger charge is -2.13. The predicted octanol–water partition coefficient (Wildman–Crippen LogP) is 2.18. The molecule has 0 saturated carbocycles. The fourth-order valence-corrected chi connectivity index (χ4v) is 1.86. The van der Waals surface area contributed by atoms with Gasteiger partial charge in [0, 0.05) is 0 Å². The highest BCUT2D eigenvalue weighted by molar-refractivity contribution is 7.80. The van der Waals surface area contributed by atoms with E-state index in [1.165, 1.54) is 24.3 Å². The van der Waals surface area contributed by atoms with Gasteiger partial charge in [-0.3, -0.25) is 9.59 Å². The van der Waals surface area contributed by atoms with Crippen molar-refractivity contribution in [1.82, 2.24) is 5.32 Å². The molecule has 1 aliphatic heterocycles. The van der Waals surface area contributed by atoms with E-state index < -0.39 is 5.91 Å². The summed E-state index contributed by atoms with van der Waals surface area (Å²) in [7, 11) is 0. The number of hydrogen-bond acceptors (Lipinski definition) is 3. The van der Waals surface area contributed by atoms with E-state index in [2.05, 4.69) is 5.32 Å². The van der Waals surface area contributed by atoms with Crippen molar-refractivity contribution in [3.05, 3.63) is 53.4 Å². The van der Waals surface area contributed by atoms with Gasteiger partial charge in [0.2, 0.25) is 0 Å². The third kappa shape index (κ3) is 3.42.